The molecule has 2 aromatic heterocycles. The Hall–Kier alpha value is -1.72. The molecule has 0 bridgehead atoms. The van der Waals surface area contributed by atoms with Crippen LogP contribution in [0, 0.1) is 5.82 Å². The van der Waals surface area contributed by atoms with E-state index in [4.69, 9.17) is 4.42 Å². The van der Waals surface area contributed by atoms with Crippen LogP contribution in [0.5, 0.6) is 0 Å². The number of hydrogen-bond acceptors (Lipinski definition) is 4. The zero-order chi connectivity index (χ0) is 12.5. The number of nitrogens with zero attached hydrogens (tertiary/aromatic N) is 1. The van der Waals surface area contributed by atoms with Crippen molar-refractivity contribution >= 4 is 21.4 Å². The molecule has 5 heteroatoms. The lowest BCUT2D eigenvalue weighted by molar-refractivity contribution is 0.571. The van der Waals surface area contributed by atoms with E-state index in [1.165, 1.54) is 29.9 Å². The van der Waals surface area contributed by atoms with Crippen LogP contribution in [0.1, 0.15) is 5.69 Å². The van der Waals surface area contributed by atoms with Crippen molar-refractivity contribution in [2.45, 2.75) is 6.54 Å². The molecular formula is C13H11FN2OS. The summed E-state index contributed by atoms with van der Waals surface area (Å²) in [5.74, 6) is 0.537. The van der Waals surface area contributed by atoms with Crippen molar-refractivity contribution in [2.24, 2.45) is 0 Å². The molecule has 0 aliphatic heterocycles. The highest BCUT2D eigenvalue weighted by atomic mass is 32.1. The summed E-state index contributed by atoms with van der Waals surface area (Å²) < 4.78 is 19.5. The fourth-order valence-corrected chi connectivity index (χ4v) is 2.98. The van der Waals surface area contributed by atoms with Gasteiger partial charge in [0.05, 0.1) is 4.88 Å². The number of oxazole rings is 1. The lowest BCUT2D eigenvalue weighted by Crippen LogP contribution is -2.05. The van der Waals surface area contributed by atoms with E-state index in [-0.39, 0.29) is 5.82 Å². The summed E-state index contributed by atoms with van der Waals surface area (Å²) in [7, 11) is 1.86. The fourth-order valence-electron chi connectivity index (χ4n) is 1.88. The lowest BCUT2D eigenvalue weighted by Gasteiger charge is -1.96. The van der Waals surface area contributed by atoms with Crippen LogP contribution in [-0.4, -0.2) is 12.0 Å². The summed E-state index contributed by atoms with van der Waals surface area (Å²) in [4.78, 5) is 5.14. The number of benzene rings is 1. The van der Waals surface area contributed by atoms with Crippen LogP contribution in [0.2, 0.25) is 0 Å². The Balaban J connectivity index is 2.10. The SMILES string of the molecule is CNCc1ncoc1-c1cc2ccc(F)cc2s1. The van der Waals surface area contributed by atoms with E-state index in [2.05, 4.69) is 10.3 Å². The number of rotatable bonds is 3. The van der Waals surface area contributed by atoms with Gasteiger partial charge in [-0.25, -0.2) is 9.37 Å². The minimum atomic E-state index is -0.219. The molecule has 0 fully saturated rings. The Kier molecular flexibility index (Phi) is 2.85. The van der Waals surface area contributed by atoms with Crippen LogP contribution in [0.4, 0.5) is 4.39 Å². The molecule has 1 aromatic carbocycles. The van der Waals surface area contributed by atoms with Gasteiger partial charge in [0.25, 0.3) is 0 Å². The van der Waals surface area contributed by atoms with E-state index in [1.54, 1.807) is 6.07 Å². The van der Waals surface area contributed by atoms with E-state index < -0.39 is 0 Å². The average Bonchev–Trinajstić information content (AvgIpc) is 2.94. The molecule has 0 aliphatic rings. The third-order valence-electron chi connectivity index (χ3n) is 2.69. The van der Waals surface area contributed by atoms with Crippen molar-refractivity contribution in [3.8, 4) is 10.6 Å². The van der Waals surface area contributed by atoms with Crippen LogP contribution in [-0.2, 0) is 6.54 Å². The van der Waals surface area contributed by atoms with Gasteiger partial charge < -0.3 is 9.73 Å². The molecule has 3 aromatic rings. The second kappa shape index (κ2) is 4.51. The number of halogens is 1. The van der Waals surface area contributed by atoms with Gasteiger partial charge >= 0.3 is 0 Å². The molecule has 2 heterocycles. The Morgan fingerprint density at radius 1 is 1.39 bits per heavy atom. The fraction of sp³-hybridized carbons (Fsp3) is 0.154. The molecule has 3 nitrogen and oxygen atoms in total. The minimum absolute atomic E-state index is 0.219. The maximum atomic E-state index is 13.1. The molecule has 18 heavy (non-hydrogen) atoms. The molecule has 0 radical (unpaired) electrons. The van der Waals surface area contributed by atoms with Crippen molar-refractivity contribution in [1.29, 1.82) is 0 Å². The first kappa shape index (κ1) is 11.4. The normalized spacial score (nSPS) is 11.2. The summed E-state index contributed by atoms with van der Waals surface area (Å²) in [5.41, 5.74) is 0.865. The molecule has 0 atom stereocenters. The van der Waals surface area contributed by atoms with Crippen molar-refractivity contribution in [2.75, 3.05) is 7.05 Å². The van der Waals surface area contributed by atoms with Gasteiger partial charge in [-0.2, -0.15) is 0 Å². The first-order valence-electron chi connectivity index (χ1n) is 5.54. The highest BCUT2D eigenvalue weighted by molar-refractivity contribution is 7.22. The van der Waals surface area contributed by atoms with Gasteiger partial charge in [0, 0.05) is 11.2 Å². The number of nitrogens with one attached hydrogen (secondary N) is 1. The highest BCUT2D eigenvalue weighted by Gasteiger charge is 2.13. The molecule has 0 amide bonds. The maximum absolute atomic E-state index is 13.1. The first-order valence-corrected chi connectivity index (χ1v) is 6.36. The molecular weight excluding hydrogens is 251 g/mol. The lowest BCUT2D eigenvalue weighted by atomic mass is 10.2. The molecule has 1 N–H and O–H groups in total. The van der Waals surface area contributed by atoms with Gasteiger partial charge in [0.2, 0.25) is 0 Å². The summed E-state index contributed by atoms with van der Waals surface area (Å²) in [6, 6.07) is 6.78. The Labute approximate surface area is 107 Å². The Morgan fingerprint density at radius 3 is 3.11 bits per heavy atom. The third-order valence-corrected chi connectivity index (χ3v) is 3.79. The van der Waals surface area contributed by atoms with Gasteiger partial charge in [0.15, 0.2) is 12.2 Å². The topological polar surface area (TPSA) is 38.1 Å². The van der Waals surface area contributed by atoms with Gasteiger partial charge in [-0.15, -0.1) is 11.3 Å². The van der Waals surface area contributed by atoms with Gasteiger partial charge in [0.1, 0.15) is 11.5 Å². The summed E-state index contributed by atoms with van der Waals surface area (Å²) in [5, 5.41) is 4.06. The predicted molar refractivity (Wildman–Crippen MR) is 70.0 cm³/mol. The van der Waals surface area contributed by atoms with Gasteiger partial charge in [-0.1, -0.05) is 6.07 Å². The molecule has 0 spiro atoms. The molecule has 3 rings (SSSR count). The maximum Gasteiger partial charge on any atom is 0.181 e. The quantitative estimate of drug-likeness (QED) is 0.786. The van der Waals surface area contributed by atoms with E-state index in [9.17, 15) is 4.39 Å². The number of thiophene rings is 1. The van der Waals surface area contributed by atoms with Crippen LogP contribution in [0.25, 0.3) is 20.7 Å². The van der Waals surface area contributed by atoms with Crippen molar-refractivity contribution in [1.82, 2.24) is 10.3 Å². The van der Waals surface area contributed by atoms with Crippen LogP contribution >= 0.6 is 11.3 Å². The first-order chi connectivity index (χ1) is 8.78. The standard InChI is InChI=1S/C13H11FN2OS/c1-15-6-10-13(17-7-16-10)12-4-8-2-3-9(14)5-11(8)18-12/h2-5,7,15H,6H2,1H3. The molecule has 0 saturated carbocycles. The van der Waals surface area contributed by atoms with E-state index in [0.29, 0.717) is 6.54 Å². The zero-order valence-corrected chi connectivity index (χ0v) is 10.6. The van der Waals surface area contributed by atoms with Gasteiger partial charge in [-0.3, -0.25) is 0 Å². The minimum Gasteiger partial charge on any atom is -0.442 e. The smallest absolute Gasteiger partial charge is 0.181 e. The summed E-state index contributed by atoms with van der Waals surface area (Å²) >= 11 is 1.51. The molecule has 0 aliphatic carbocycles. The Bertz CT molecular complexity index is 689. The van der Waals surface area contributed by atoms with E-state index >= 15 is 0 Å². The third kappa shape index (κ3) is 1.91. The second-order valence-electron chi connectivity index (χ2n) is 3.95. The summed E-state index contributed by atoms with van der Waals surface area (Å²) in [6.07, 6.45) is 1.44. The van der Waals surface area contributed by atoms with Crippen LogP contribution < -0.4 is 5.32 Å². The number of fused-ring (bicyclic) bond motifs is 1. The Morgan fingerprint density at radius 2 is 2.28 bits per heavy atom. The number of aromatic nitrogens is 1. The molecule has 0 saturated heterocycles. The largest absolute Gasteiger partial charge is 0.442 e. The van der Waals surface area contributed by atoms with Gasteiger partial charge in [-0.05, 0) is 30.6 Å². The predicted octanol–water partition coefficient (Wildman–Crippen LogP) is 3.41. The van der Waals surface area contributed by atoms with Crippen molar-refractivity contribution in [3.05, 3.63) is 42.2 Å². The van der Waals surface area contributed by atoms with Crippen molar-refractivity contribution in [3.63, 3.8) is 0 Å². The summed E-state index contributed by atoms with van der Waals surface area (Å²) in [6.45, 7) is 0.647. The number of hydrogen-bond donors (Lipinski definition) is 1. The second-order valence-corrected chi connectivity index (χ2v) is 5.04. The monoisotopic (exact) mass is 262 g/mol. The highest BCUT2D eigenvalue weighted by Crippen LogP contribution is 2.35. The van der Waals surface area contributed by atoms with Crippen molar-refractivity contribution < 1.29 is 8.81 Å². The van der Waals surface area contributed by atoms with E-state index in [0.717, 1.165) is 26.4 Å². The molecule has 92 valence electrons. The molecule has 0 unspecified atom stereocenters. The van der Waals surface area contributed by atoms with Crippen LogP contribution in [0.3, 0.4) is 0 Å². The zero-order valence-electron chi connectivity index (χ0n) is 9.74. The average molecular weight is 262 g/mol. The van der Waals surface area contributed by atoms with Crippen LogP contribution in [0.15, 0.2) is 35.1 Å². The van der Waals surface area contributed by atoms with E-state index in [1.807, 2.05) is 13.1 Å².